The molecule has 4 rings (SSSR count). The van der Waals surface area contributed by atoms with E-state index in [2.05, 4.69) is 15.3 Å². The summed E-state index contributed by atoms with van der Waals surface area (Å²) in [6.07, 6.45) is 7.53. The first-order chi connectivity index (χ1) is 11.2. The molecule has 0 unspecified atom stereocenters. The molecule has 0 saturated carbocycles. The SMILES string of the molecule is O=C(N1CCCC1)N1CC[C@]2(C[C@@H](Nc3ncccn3)CO2)C1. The van der Waals surface area contributed by atoms with Crippen molar-refractivity contribution in [2.45, 2.75) is 37.3 Å². The molecule has 1 aromatic heterocycles. The van der Waals surface area contributed by atoms with Crippen molar-refractivity contribution in [2.75, 3.05) is 38.1 Å². The zero-order chi connectivity index (χ0) is 15.7. The van der Waals surface area contributed by atoms with Crippen molar-refractivity contribution in [2.24, 2.45) is 0 Å². The molecule has 7 heteroatoms. The van der Waals surface area contributed by atoms with Crippen LogP contribution in [0, 0.1) is 0 Å². The summed E-state index contributed by atoms with van der Waals surface area (Å²) < 4.78 is 6.10. The first-order valence-electron chi connectivity index (χ1n) is 8.46. The molecular weight excluding hydrogens is 294 g/mol. The summed E-state index contributed by atoms with van der Waals surface area (Å²) in [4.78, 5) is 24.9. The topological polar surface area (TPSA) is 70.6 Å². The molecule has 1 aromatic rings. The maximum Gasteiger partial charge on any atom is 0.320 e. The molecule has 4 heterocycles. The van der Waals surface area contributed by atoms with E-state index in [1.807, 2.05) is 9.80 Å². The Kier molecular flexibility index (Phi) is 3.80. The number of carbonyl (C=O) groups excluding carboxylic acids is 1. The first kappa shape index (κ1) is 14.7. The fourth-order valence-electron chi connectivity index (χ4n) is 3.89. The Bertz CT molecular complexity index is 563. The van der Waals surface area contributed by atoms with E-state index in [0.29, 0.717) is 19.1 Å². The summed E-state index contributed by atoms with van der Waals surface area (Å²) in [6.45, 7) is 3.95. The van der Waals surface area contributed by atoms with Crippen LogP contribution in [0.1, 0.15) is 25.7 Å². The summed E-state index contributed by atoms with van der Waals surface area (Å²) in [5, 5.41) is 3.33. The van der Waals surface area contributed by atoms with Gasteiger partial charge in [-0.3, -0.25) is 0 Å². The molecule has 1 N–H and O–H groups in total. The molecule has 23 heavy (non-hydrogen) atoms. The number of urea groups is 1. The van der Waals surface area contributed by atoms with Crippen LogP contribution in [0.4, 0.5) is 10.7 Å². The van der Waals surface area contributed by atoms with Gasteiger partial charge < -0.3 is 19.9 Å². The molecule has 124 valence electrons. The largest absolute Gasteiger partial charge is 0.371 e. The van der Waals surface area contributed by atoms with Crippen LogP contribution in [0.5, 0.6) is 0 Å². The fourth-order valence-corrected chi connectivity index (χ4v) is 3.89. The van der Waals surface area contributed by atoms with Crippen LogP contribution >= 0.6 is 0 Å². The molecule has 0 bridgehead atoms. The summed E-state index contributed by atoms with van der Waals surface area (Å²) in [7, 11) is 0. The van der Waals surface area contributed by atoms with E-state index in [0.717, 1.165) is 45.3 Å². The van der Waals surface area contributed by atoms with Crippen molar-refractivity contribution < 1.29 is 9.53 Å². The van der Waals surface area contributed by atoms with Gasteiger partial charge in [0.25, 0.3) is 0 Å². The van der Waals surface area contributed by atoms with Crippen LogP contribution in [-0.2, 0) is 4.74 Å². The smallest absolute Gasteiger partial charge is 0.320 e. The predicted octanol–water partition coefficient (Wildman–Crippen LogP) is 1.34. The molecular formula is C16H23N5O2. The van der Waals surface area contributed by atoms with Crippen LogP contribution in [-0.4, -0.2) is 70.2 Å². The lowest BCUT2D eigenvalue weighted by Gasteiger charge is -2.26. The number of anilines is 1. The summed E-state index contributed by atoms with van der Waals surface area (Å²) >= 11 is 0. The van der Waals surface area contributed by atoms with E-state index in [1.54, 1.807) is 18.5 Å². The van der Waals surface area contributed by atoms with Gasteiger partial charge in [-0.1, -0.05) is 0 Å². The number of ether oxygens (including phenoxy) is 1. The lowest BCUT2D eigenvalue weighted by molar-refractivity contribution is 0.0141. The highest BCUT2D eigenvalue weighted by atomic mass is 16.5. The summed E-state index contributed by atoms with van der Waals surface area (Å²) in [5.41, 5.74) is -0.193. The van der Waals surface area contributed by atoms with Crippen LogP contribution in [0.2, 0.25) is 0 Å². The van der Waals surface area contributed by atoms with Crippen molar-refractivity contribution in [3.8, 4) is 0 Å². The van der Waals surface area contributed by atoms with Crippen molar-refractivity contribution >= 4 is 12.0 Å². The third-order valence-corrected chi connectivity index (χ3v) is 5.07. The maximum absolute atomic E-state index is 12.5. The molecule has 3 aliphatic rings. The highest BCUT2D eigenvalue weighted by Gasteiger charge is 2.47. The van der Waals surface area contributed by atoms with Crippen LogP contribution in [0.15, 0.2) is 18.5 Å². The quantitative estimate of drug-likeness (QED) is 0.891. The van der Waals surface area contributed by atoms with Gasteiger partial charge in [0.2, 0.25) is 5.95 Å². The van der Waals surface area contributed by atoms with E-state index >= 15 is 0 Å². The van der Waals surface area contributed by atoms with Gasteiger partial charge >= 0.3 is 6.03 Å². The number of nitrogens with zero attached hydrogens (tertiary/aromatic N) is 4. The van der Waals surface area contributed by atoms with Crippen molar-refractivity contribution in [1.82, 2.24) is 19.8 Å². The predicted molar refractivity (Wildman–Crippen MR) is 85.1 cm³/mol. The highest BCUT2D eigenvalue weighted by Crippen LogP contribution is 2.36. The molecule has 0 aromatic carbocycles. The molecule has 2 amide bonds. The van der Waals surface area contributed by atoms with Crippen molar-refractivity contribution in [1.29, 1.82) is 0 Å². The Hall–Kier alpha value is -1.89. The molecule has 0 aliphatic carbocycles. The average Bonchev–Trinajstić information content (AvgIpc) is 3.31. The third-order valence-electron chi connectivity index (χ3n) is 5.07. The highest BCUT2D eigenvalue weighted by molar-refractivity contribution is 5.75. The number of hydrogen-bond acceptors (Lipinski definition) is 5. The molecule has 2 atom stereocenters. The van der Waals surface area contributed by atoms with Gasteiger partial charge in [-0.25, -0.2) is 14.8 Å². The molecule has 0 radical (unpaired) electrons. The van der Waals surface area contributed by atoms with Crippen LogP contribution < -0.4 is 5.32 Å². The summed E-state index contributed by atoms with van der Waals surface area (Å²) in [6, 6.07) is 2.20. The fraction of sp³-hybridized carbons (Fsp3) is 0.688. The average molecular weight is 317 g/mol. The number of hydrogen-bond donors (Lipinski definition) is 1. The first-order valence-corrected chi connectivity index (χ1v) is 8.46. The van der Waals surface area contributed by atoms with E-state index < -0.39 is 0 Å². The lowest BCUT2D eigenvalue weighted by atomic mass is 9.97. The maximum atomic E-state index is 12.5. The van der Waals surface area contributed by atoms with Gasteiger partial charge in [-0.2, -0.15) is 0 Å². The molecule has 3 fully saturated rings. The number of aromatic nitrogens is 2. The van der Waals surface area contributed by atoms with Gasteiger partial charge in [-0.05, 0) is 25.3 Å². The Morgan fingerprint density at radius 2 is 2.00 bits per heavy atom. The van der Waals surface area contributed by atoms with Crippen LogP contribution in [0.3, 0.4) is 0 Å². The van der Waals surface area contributed by atoms with Gasteiger partial charge in [0, 0.05) is 38.4 Å². The van der Waals surface area contributed by atoms with Gasteiger partial charge in [0.05, 0.1) is 24.8 Å². The number of likely N-dealkylation sites (tertiary alicyclic amines) is 2. The molecule has 7 nitrogen and oxygen atoms in total. The Labute approximate surface area is 136 Å². The third kappa shape index (κ3) is 2.97. The Balaban J connectivity index is 1.34. The van der Waals surface area contributed by atoms with E-state index in [-0.39, 0.29) is 17.7 Å². The zero-order valence-corrected chi connectivity index (χ0v) is 13.3. The van der Waals surface area contributed by atoms with E-state index in [4.69, 9.17) is 4.74 Å². The van der Waals surface area contributed by atoms with Crippen LogP contribution in [0.25, 0.3) is 0 Å². The number of rotatable bonds is 2. The normalized spacial score (nSPS) is 30.3. The standard InChI is InChI=1S/C16H23N5O2/c22-15(20-7-1-2-8-20)21-9-4-16(12-21)10-13(11-23-16)19-14-17-5-3-6-18-14/h3,5-6,13H,1-2,4,7-12H2,(H,17,18,19)/t13-,16+/m1/s1. The Morgan fingerprint density at radius 3 is 2.78 bits per heavy atom. The zero-order valence-electron chi connectivity index (χ0n) is 13.3. The molecule has 3 saturated heterocycles. The second kappa shape index (κ2) is 5.96. The summed E-state index contributed by atoms with van der Waals surface area (Å²) in [5.74, 6) is 0.640. The van der Waals surface area contributed by atoms with E-state index in [9.17, 15) is 4.79 Å². The lowest BCUT2D eigenvalue weighted by Crippen LogP contribution is -2.43. The van der Waals surface area contributed by atoms with Gasteiger partial charge in [0.15, 0.2) is 0 Å². The second-order valence-corrected chi connectivity index (χ2v) is 6.76. The van der Waals surface area contributed by atoms with Gasteiger partial charge in [-0.15, -0.1) is 0 Å². The number of carbonyl (C=O) groups is 1. The monoisotopic (exact) mass is 317 g/mol. The minimum Gasteiger partial charge on any atom is -0.371 e. The second-order valence-electron chi connectivity index (χ2n) is 6.76. The molecule has 1 spiro atoms. The molecule has 3 aliphatic heterocycles. The minimum atomic E-state index is -0.193. The number of amides is 2. The Morgan fingerprint density at radius 1 is 1.22 bits per heavy atom. The minimum absolute atomic E-state index is 0.186. The van der Waals surface area contributed by atoms with Gasteiger partial charge in [0.1, 0.15) is 0 Å². The van der Waals surface area contributed by atoms with Crippen molar-refractivity contribution in [3.05, 3.63) is 18.5 Å². The number of nitrogens with one attached hydrogen (secondary N) is 1. The van der Waals surface area contributed by atoms with Crippen molar-refractivity contribution in [3.63, 3.8) is 0 Å². The van der Waals surface area contributed by atoms with E-state index in [1.165, 1.54) is 0 Å².